The summed E-state index contributed by atoms with van der Waals surface area (Å²) in [6.07, 6.45) is 0.777. The summed E-state index contributed by atoms with van der Waals surface area (Å²) >= 11 is 0. The number of aryl methyl sites for hydroxylation is 1. The summed E-state index contributed by atoms with van der Waals surface area (Å²) in [7, 11) is 0. The summed E-state index contributed by atoms with van der Waals surface area (Å²) in [5.41, 5.74) is 3.25. The quantitative estimate of drug-likeness (QED) is 0.855. The molecule has 1 saturated heterocycles. The molecule has 86 valence electrons. The zero-order chi connectivity index (χ0) is 11.9. The Bertz CT molecular complexity index is 602. The van der Waals surface area contributed by atoms with Crippen LogP contribution >= 0.6 is 0 Å². The van der Waals surface area contributed by atoms with E-state index in [1.54, 1.807) is 0 Å². The third-order valence-corrected chi connectivity index (χ3v) is 3.54. The van der Waals surface area contributed by atoms with Gasteiger partial charge in [-0.25, -0.2) is 0 Å². The predicted molar refractivity (Wildman–Crippen MR) is 65.6 cm³/mol. The minimum Gasteiger partial charge on any atom is -0.378 e. The fourth-order valence-corrected chi connectivity index (χ4v) is 2.46. The molecule has 1 aliphatic heterocycles. The van der Waals surface area contributed by atoms with Gasteiger partial charge in [-0.15, -0.1) is 0 Å². The Morgan fingerprint density at radius 2 is 2.18 bits per heavy atom. The molecule has 0 unspecified atom stereocenters. The van der Waals surface area contributed by atoms with Crippen molar-refractivity contribution in [3.63, 3.8) is 0 Å². The summed E-state index contributed by atoms with van der Waals surface area (Å²) in [6, 6.07) is 10.6. The highest BCUT2D eigenvalue weighted by atomic mass is 16.5. The van der Waals surface area contributed by atoms with Gasteiger partial charge in [0.2, 0.25) is 0 Å². The number of aromatic amines is 1. The first-order valence-corrected chi connectivity index (χ1v) is 5.79. The Labute approximate surface area is 100 Å². The number of hydrogen-bond donors (Lipinski definition) is 1. The van der Waals surface area contributed by atoms with Gasteiger partial charge in [0.1, 0.15) is 5.41 Å². The minimum atomic E-state index is -0.310. The van der Waals surface area contributed by atoms with Crippen molar-refractivity contribution in [2.45, 2.75) is 13.3 Å². The topological polar surface area (TPSA) is 48.8 Å². The van der Waals surface area contributed by atoms with Crippen molar-refractivity contribution < 1.29 is 4.74 Å². The monoisotopic (exact) mass is 226 g/mol. The minimum absolute atomic E-state index is 0.310. The van der Waals surface area contributed by atoms with Crippen LogP contribution in [0.25, 0.3) is 10.9 Å². The number of rotatable bonds is 2. The van der Waals surface area contributed by atoms with Crippen LogP contribution in [0.2, 0.25) is 0 Å². The van der Waals surface area contributed by atoms with Gasteiger partial charge in [-0.05, 0) is 25.0 Å². The van der Waals surface area contributed by atoms with E-state index >= 15 is 0 Å². The molecule has 0 spiro atoms. The van der Waals surface area contributed by atoms with Crippen molar-refractivity contribution >= 4 is 10.9 Å². The van der Waals surface area contributed by atoms with Gasteiger partial charge in [0, 0.05) is 16.6 Å². The second-order valence-corrected chi connectivity index (χ2v) is 4.84. The van der Waals surface area contributed by atoms with Crippen molar-refractivity contribution in [2.75, 3.05) is 13.2 Å². The Morgan fingerprint density at radius 3 is 2.82 bits per heavy atom. The van der Waals surface area contributed by atoms with Crippen molar-refractivity contribution in [3.8, 4) is 6.07 Å². The van der Waals surface area contributed by atoms with E-state index in [0.29, 0.717) is 13.2 Å². The number of nitriles is 1. The van der Waals surface area contributed by atoms with Gasteiger partial charge in [-0.2, -0.15) is 5.26 Å². The average Bonchev–Trinajstić information content (AvgIpc) is 2.60. The van der Waals surface area contributed by atoms with Gasteiger partial charge >= 0.3 is 0 Å². The molecule has 2 heterocycles. The van der Waals surface area contributed by atoms with Crippen molar-refractivity contribution in [1.29, 1.82) is 5.26 Å². The predicted octanol–water partition coefficient (Wildman–Crippen LogP) is 2.56. The molecule has 1 aliphatic rings. The summed E-state index contributed by atoms with van der Waals surface area (Å²) in [5.74, 6) is 0. The van der Waals surface area contributed by atoms with Gasteiger partial charge in [-0.1, -0.05) is 18.2 Å². The standard InChI is InChI=1S/C14H14N2O/c1-10-12(6-14(7-15)8-17-9-14)11-4-2-3-5-13(11)16-10/h2-5,16H,6,8-9H2,1H3. The molecule has 0 saturated carbocycles. The number of fused-ring (bicyclic) bond motifs is 1. The molecule has 3 heteroatoms. The molecule has 0 amide bonds. The Hall–Kier alpha value is -1.79. The molecule has 0 atom stereocenters. The maximum atomic E-state index is 9.26. The van der Waals surface area contributed by atoms with E-state index in [9.17, 15) is 5.26 Å². The lowest BCUT2D eigenvalue weighted by atomic mass is 9.80. The Balaban J connectivity index is 2.06. The van der Waals surface area contributed by atoms with Crippen LogP contribution in [-0.4, -0.2) is 18.2 Å². The number of H-pyrrole nitrogens is 1. The maximum absolute atomic E-state index is 9.26. The number of nitrogens with zero attached hydrogens (tertiary/aromatic N) is 1. The second kappa shape index (κ2) is 3.61. The molecule has 1 N–H and O–H groups in total. The fourth-order valence-electron chi connectivity index (χ4n) is 2.46. The molecule has 3 nitrogen and oxygen atoms in total. The molecule has 3 rings (SSSR count). The third kappa shape index (κ3) is 1.53. The van der Waals surface area contributed by atoms with Crippen molar-refractivity contribution in [2.24, 2.45) is 5.41 Å². The van der Waals surface area contributed by atoms with Crippen LogP contribution in [0.1, 0.15) is 11.3 Å². The van der Waals surface area contributed by atoms with Crippen LogP contribution in [-0.2, 0) is 11.2 Å². The van der Waals surface area contributed by atoms with E-state index in [-0.39, 0.29) is 5.41 Å². The van der Waals surface area contributed by atoms with Crippen LogP contribution in [0.4, 0.5) is 0 Å². The van der Waals surface area contributed by atoms with Crippen LogP contribution in [0, 0.1) is 23.7 Å². The first-order chi connectivity index (χ1) is 8.24. The zero-order valence-corrected chi connectivity index (χ0v) is 9.79. The molecule has 0 aliphatic carbocycles. The Morgan fingerprint density at radius 1 is 1.41 bits per heavy atom. The van der Waals surface area contributed by atoms with E-state index in [0.717, 1.165) is 17.6 Å². The molecule has 2 aromatic rings. The molecule has 1 aromatic carbocycles. The fraction of sp³-hybridized carbons (Fsp3) is 0.357. The van der Waals surface area contributed by atoms with Crippen LogP contribution in [0.5, 0.6) is 0 Å². The second-order valence-electron chi connectivity index (χ2n) is 4.84. The van der Waals surface area contributed by atoms with Crippen molar-refractivity contribution in [3.05, 3.63) is 35.5 Å². The number of nitrogens with one attached hydrogen (secondary N) is 1. The summed E-state index contributed by atoms with van der Waals surface area (Å²) in [4.78, 5) is 3.37. The normalized spacial score (nSPS) is 17.6. The molecule has 1 aromatic heterocycles. The first kappa shape index (κ1) is 10.4. The molecule has 17 heavy (non-hydrogen) atoms. The SMILES string of the molecule is Cc1[nH]c2ccccc2c1CC1(C#N)COC1. The van der Waals surface area contributed by atoms with Gasteiger partial charge in [0.25, 0.3) is 0 Å². The summed E-state index contributed by atoms with van der Waals surface area (Å²) in [5, 5.41) is 10.5. The van der Waals surface area contributed by atoms with E-state index in [1.807, 2.05) is 12.1 Å². The van der Waals surface area contributed by atoms with Gasteiger partial charge < -0.3 is 9.72 Å². The number of ether oxygens (including phenoxy) is 1. The number of aromatic nitrogens is 1. The lowest BCUT2D eigenvalue weighted by Gasteiger charge is -2.35. The number of para-hydroxylation sites is 1. The van der Waals surface area contributed by atoms with E-state index < -0.39 is 0 Å². The van der Waals surface area contributed by atoms with Gasteiger partial charge in [0.05, 0.1) is 19.3 Å². The number of benzene rings is 1. The van der Waals surface area contributed by atoms with Crippen LogP contribution in [0.15, 0.2) is 24.3 Å². The molecule has 0 bridgehead atoms. The van der Waals surface area contributed by atoms with Crippen LogP contribution < -0.4 is 0 Å². The lowest BCUT2D eigenvalue weighted by molar-refractivity contribution is -0.0764. The largest absolute Gasteiger partial charge is 0.378 e. The van der Waals surface area contributed by atoms with Crippen molar-refractivity contribution in [1.82, 2.24) is 4.98 Å². The van der Waals surface area contributed by atoms with E-state index in [4.69, 9.17) is 4.74 Å². The molecule has 0 radical (unpaired) electrons. The van der Waals surface area contributed by atoms with E-state index in [2.05, 4.69) is 30.1 Å². The zero-order valence-electron chi connectivity index (χ0n) is 9.79. The lowest BCUT2D eigenvalue weighted by Crippen LogP contribution is -2.43. The van der Waals surface area contributed by atoms with Gasteiger partial charge in [-0.3, -0.25) is 0 Å². The van der Waals surface area contributed by atoms with Crippen LogP contribution in [0.3, 0.4) is 0 Å². The number of hydrogen-bond acceptors (Lipinski definition) is 2. The highest BCUT2D eigenvalue weighted by molar-refractivity contribution is 5.84. The average molecular weight is 226 g/mol. The van der Waals surface area contributed by atoms with Gasteiger partial charge in [0.15, 0.2) is 0 Å². The third-order valence-electron chi connectivity index (χ3n) is 3.54. The first-order valence-electron chi connectivity index (χ1n) is 5.79. The highest BCUT2D eigenvalue weighted by Gasteiger charge is 2.39. The molecular weight excluding hydrogens is 212 g/mol. The summed E-state index contributed by atoms with van der Waals surface area (Å²) in [6.45, 7) is 3.19. The highest BCUT2D eigenvalue weighted by Crippen LogP contribution is 2.34. The summed E-state index contributed by atoms with van der Waals surface area (Å²) < 4.78 is 5.20. The maximum Gasteiger partial charge on any atom is 0.108 e. The Kier molecular flexibility index (Phi) is 2.20. The molecule has 1 fully saturated rings. The van der Waals surface area contributed by atoms with E-state index in [1.165, 1.54) is 10.9 Å². The molecular formula is C14H14N2O. The smallest absolute Gasteiger partial charge is 0.108 e.